The van der Waals surface area contributed by atoms with E-state index in [-0.39, 0.29) is 23.7 Å². The number of ether oxygens (including phenoxy) is 1. The topological polar surface area (TPSA) is 93.0 Å². The molecule has 0 bridgehead atoms. The smallest absolute Gasteiger partial charge is 0.294 e. The van der Waals surface area contributed by atoms with Crippen LogP contribution in [0.5, 0.6) is 0 Å². The van der Waals surface area contributed by atoms with Gasteiger partial charge < -0.3 is 19.6 Å². The van der Waals surface area contributed by atoms with Gasteiger partial charge in [-0.1, -0.05) is 19.0 Å². The van der Waals surface area contributed by atoms with Crippen LogP contribution in [0.1, 0.15) is 60.8 Å². The van der Waals surface area contributed by atoms with Crippen LogP contribution >= 0.6 is 0 Å². The first-order chi connectivity index (χ1) is 12.1. The lowest BCUT2D eigenvalue weighted by Crippen LogP contribution is -2.10. The molecule has 1 unspecified atom stereocenters. The highest BCUT2D eigenvalue weighted by Crippen LogP contribution is 2.28. The molecule has 7 heteroatoms. The fraction of sp³-hybridized carbons (Fsp3) is 0.389. The Balaban J connectivity index is 1.53. The standard InChI is InChI=1S/C18H20N4O3/c1-10(2)13-9-16(25-22-13)18(23)19-11-5-6-12-14(8-11)21-17(20-12)15-4-3-7-24-15/h5-6,8-10,15H,3-4,7H2,1-2H3,(H,19,23)(H,20,21). The minimum atomic E-state index is -0.322. The van der Waals surface area contributed by atoms with Crippen LogP contribution in [0.15, 0.2) is 28.8 Å². The largest absolute Gasteiger partial charge is 0.370 e. The molecular formula is C18H20N4O3. The highest BCUT2D eigenvalue weighted by atomic mass is 16.5. The van der Waals surface area contributed by atoms with Crippen LogP contribution in [0.4, 0.5) is 5.69 Å². The van der Waals surface area contributed by atoms with Crippen LogP contribution in [-0.2, 0) is 4.74 Å². The van der Waals surface area contributed by atoms with Gasteiger partial charge in [-0.25, -0.2) is 4.98 Å². The molecule has 2 aromatic heterocycles. The number of fused-ring (bicyclic) bond motifs is 1. The van der Waals surface area contributed by atoms with Crippen molar-refractivity contribution >= 4 is 22.6 Å². The third kappa shape index (κ3) is 3.15. The number of hydrogen-bond acceptors (Lipinski definition) is 5. The normalized spacial score (nSPS) is 17.5. The van der Waals surface area contributed by atoms with Crippen LogP contribution < -0.4 is 5.32 Å². The van der Waals surface area contributed by atoms with Gasteiger partial charge in [0.1, 0.15) is 11.9 Å². The predicted molar refractivity (Wildman–Crippen MR) is 92.6 cm³/mol. The monoisotopic (exact) mass is 340 g/mol. The average molecular weight is 340 g/mol. The lowest BCUT2D eigenvalue weighted by molar-refractivity contribution is 0.0987. The first-order valence-electron chi connectivity index (χ1n) is 8.49. The second kappa shape index (κ2) is 6.33. The molecule has 1 aromatic carbocycles. The Morgan fingerprint density at radius 2 is 2.24 bits per heavy atom. The molecule has 130 valence electrons. The first-order valence-corrected chi connectivity index (χ1v) is 8.49. The van der Waals surface area contributed by atoms with E-state index >= 15 is 0 Å². The van der Waals surface area contributed by atoms with E-state index in [0.717, 1.165) is 42.0 Å². The van der Waals surface area contributed by atoms with E-state index in [1.807, 2.05) is 32.0 Å². The van der Waals surface area contributed by atoms with Crippen molar-refractivity contribution in [1.29, 1.82) is 0 Å². The molecule has 1 saturated heterocycles. The van der Waals surface area contributed by atoms with Crippen LogP contribution in [0.25, 0.3) is 11.0 Å². The molecule has 3 aromatic rings. The zero-order valence-corrected chi connectivity index (χ0v) is 14.2. The summed E-state index contributed by atoms with van der Waals surface area (Å²) in [7, 11) is 0. The maximum atomic E-state index is 12.3. The maximum absolute atomic E-state index is 12.3. The molecule has 4 rings (SSSR count). The number of benzene rings is 1. The highest BCUT2D eigenvalue weighted by molar-refractivity contribution is 6.03. The number of hydrogen-bond donors (Lipinski definition) is 2. The summed E-state index contributed by atoms with van der Waals surface area (Å²) in [4.78, 5) is 20.2. The number of anilines is 1. The molecule has 1 atom stereocenters. The number of aromatic amines is 1. The Labute approximate surface area is 144 Å². The number of nitrogens with zero attached hydrogens (tertiary/aromatic N) is 2. The Morgan fingerprint density at radius 1 is 1.36 bits per heavy atom. The number of imidazole rings is 1. The summed E-state index contributed by atoms with van der Waals surface area (Å²) in [5, 5.41) is 6.74. The molecule has 1 aliphatic rings. The SMILES string of the molecule is CC(C)c1cc(C(=O)Nc2ccc3nc(C4CCCO4)[nH]c3c2)on1. The summed E-state index contributed by atoms with van der Waals surface area (Å²) in [6.45, 7) is 4.77. The van der Waals surface area contributed by atoms with E-state index in [0.29, 0.717) is 5.69 Å². The summed E-state index contributed by atoms with van der Waals surface area (Å²) in [6, 6.07) is 7.22. The summed E-state index contributed by atoms with van der Waals surface area (Å²) < 4.78 is 10.8. The van der Waals surface area contributed by atoms with Crippen molar-refractivity contribution in [3.63, 3.8) is 0 Å². The van der Waals surface area contributed by atoms with Gasteiger partial charge >= 0.3 is 0 Å². The van der Waals surface area contributed by atoms with Crippen molar-refractivity contribution in [1.82, 2.24) is 15.1 Å². The predicted octanol–water partition coefficient (Wildman–Crippen LogP) is 3.78. The number of amides is 1. The van der Waals surface area contributed by atoms with Gasteiger partial charge in [-0.05, 0) is 37.0 Å². The van der Waals surface area contributed by atoms with Crippen molar-refractivity contribution in [3.8, 4) is 0 Å². The number of aromatic nitrogens is 3. The number of rotatable bonds is 4. The second-order valence-electron chi connectivity index (χ2n) is 6.58. The third-order valence-electron chi connectivity index (χ3n) is 4.34. The molecule has 1 amide bonds. The van der Waals surface area contributed by atoms with E-state index in [1.54, 1.807) is 6.07 Å². The molecule has 0 aliphatic carbocycles. The zero-order valence-electron chi connectivity index (χ0n) is 14.2. The summed E-state index contributed by atoms with van der Waals surface area (Å²) in [5.74, 6) is 0.932. The van der Waals surface area contributed by atoms with Gasteiger partial charge in [-0.15, -0.1) is 0 Å². The quantitative estimate of drug-likeness (QED) is 0.754. The van der Waals surface area contributed by atoms with Crippen molar-refractivity contribution in [2.24, 2.45) is 0 Å². The molecule has 0 radical (unpaired) electrons. The van der Waals surface area contributed by atoms with E-state index in [9.17, 15) is 4.79 Å². The van der Waals surface area contributed by atoms with Crippen LogP contribution in [0.3, 0.4) is 0 Å². The minimum Gasteiger partial charge on any atom is -0.370 e. The Bertz CT molecular complexity index is 906. The van der Waals surface area contributed by atoms with Gasteiger partial charge in [0.05, 0.1) is 16.7 Å². The van der Waals surface area contributed by atoms with Gasteiger partial charge in [0.25, 0.3) is 5.91 Å². The van der Waals surface area contributed by atoms with Crippen LogP contribution in [-0.4, -0.2) is 27.6 Å². The van der Waals surface area contributed by atoms with Gasteiger partial charge in [-0.2, -0.15) is 0 Å². The van der Waals surface area contributed by atoms with E-state index in [2.05, 4.69) is 20.4 Å². The molecule has 1 aliphatic heterocycles. The number of nitrogens with one attached hydrogen (secondary N) is 2. The maximum Gasteiger partial charge on any atom is 0.294 e. The molecule has 25 heavy (non-hydrogen) atoms. The Hall–Kier alpha value is -2.67. The molecule has 0 spiro atoms. The fourth-order valence-corrected chi connectivity index (χ4v) is 2.91. The van der Waals surface area contributed by atoms with E-state index in [4.69, 9.17) is 9.26 Å². The molecular weight excluding hydrogens is 320 g/mol. The minimum absolute atomic E-state index is 0.0362. The van der Waals surface area contributed by atoms with Crippen molar-refractivity contribution in [2.75, 3.05) is 11.9 Å². The number of carbonyl (C=O) groups excluding carboxylic acids is 1. The van der Waals surface area contributed by atoms with Crippen molar-refractivity contribution < 1.29 is 14.1 Å². The number of H-pyrrole nitrogens is 1. The van der Waals surface area contributed by atoms with Crippen LogP contribution in [0.2, 0.25) is 0 Å². The summed E-state index contributed by atoms with van der Waals surface area (Å²) >= 11 is 0. The highest BCUT2D eigenvalue weighted by Gasteiger charge is 2.21. The average Bonchev–Trinajstić information content (AvgIpc) is 3.33. The van der Waals surface area contributed by atoms with Crippen molar-refractivity contribution in [3.05, 3.63) is 41.5 Å². The lowest BCUT2D eigenvalue weighted by atomic mass is 10.1. The van der Waals surface area contributed by atoms with E-state index in [1.165, 1.54) is 0 Å². The third-order valence-corrected chi connectivity index (χ3v) is 4.34. The Morgan fingerprint density at radius 3 is 2.96 bits per heavy atom. The molecule has 7 nitrogen and oxygen atoms in total. The first kappa shape index (κ1) is 15.8. The molecule has 2 N–H and O–H groups in total. The van der Waals surface area contributed by atoms with Crippen LogP contribution in [0, 0.1) is 0 Å². The molecule has 0 saturated carbocycles. The fourth-order valence-electron chi connectivity index (χ4n) is 2.91. The van der Waals surface area contributed by atoms with Crippen molar-refractivity contribution in [2.45, 2.75) is 38.7 Å². The van der Waals surface area contributed by atoms with Gasteiger partial charge in [0, 0.05) is 18.4 Å². The number of carbonyl (C=O) groups is 1. The second-order valence-corrected chi connectivity index (χ2v) is 6.58. The van der Waals surface area contributed by atoms with Gasteiger partial charge in [0.2, 0.25) is 5.76 Å². The van der Waals surface area contributed by atoms with E-state index < -0.39 is 0 Å². The summed E-state index contributed by atoms with van der Waals surface area (Å²) in [6.07, 6.45) is 2.07. The molecule has 3 heterocycles. The molecule has 1 fully saturated rings. The Kier molecular flexibility index (Phi) is 4.01. The van der Waals surface area contributed by atoms with Gasteiger partial charge in [-0.3, -0.25) is 4.79 Å². The van der Waals surface area contributed by atoms with Gasteiger partial charge in [0.15, 0.2) is 0 Å². The lowest BCUT2D eigenvalue weighted by Gasteiger charge is -2.03. The summed E-state index contributed by atoms with van der Waals surface area (Å²) in [5.41, 5.74) is 3.15. The zero-order chi connectivity index (χ0) is 17.4.